The lowest BCUT2D eigenvalue weighted by Crippen LogP contribution is -2.48. The fourth-order valence-electron chi connectivity index (χ4n) is 2.81. The molecule has 1 aliphatic rings. The van der Waals surface area contributed by atoms with Crippen LogP contribution in [0, 0.1) is 23.2 Å². The molecule has 0 aliphatic heterocycles. The van der Waals surface area contributed by atoms with Crippen molar-refractivity contribution in [3.8, 4) is 6.07 Å². The summed E-state index contributed by atoms with van der Waals surface area (Å²) in [4.78, 5) is 0. The Balaban J connectivity index is 2.23. The molecule has 0 radical (unpaired) electrons. The average molecular weight is 228 g/mol. The Labute approximate surface area is 104 Å². The molecule has 1 aliphatic carbocycles. The van der Waals surface area contributed by atoms with Crippen LogP contribution in [0.4, 0.5) is 5.69 Å². The van der Waals surface area contributed by atoms with Crippen molar-refractivity contribution in [3.63, 3.8) is 0 Å². The van der Waals surface area contributed by atoms with E-state index in [1.165, 1.54) is 6.42 Å². The van der Waals surface area contributed by atoms with Gasteiger partial charge in [-0.15, -0.1) is 0 Å². The molecule has 1 N–H and O–H groups in total. The number of rotatable bonds is 2. The molecule has 1 saturated carbocycles. The first-order chi connectivity index (χ1) is 8.18. The van der Waals surface area contributed by atoms with Gasteiger partial charge < -0.3 is 5.32 Å². The molecule has 1 fully saturated rings. The van der Waals surface area contributed by atoms with Crippen LogP contribution in [-0.4, -0.2) is 5.54 Å². The topological polar surface area (TPSA) is 35.8 Å². The molecule has 1 aromatic carbocycles. The van der Waals surface area contributed by atoms with E-state index in [1.54, 1.807) is 0 Å². The first kappa shape index (κ1) is 12.0. The van der Waals surface area contributed by atoms with Crippen LogP contribution in [0.25, 0.3) is 0 Å². The molecule has 90 valence electrons. The molecule has 0 amide bonds. The Bertz CT molecular complexity index is 407. The summed E-state index contributed by atoms with van der Waals surface area (Å²) in [5.41, 5.74) is 0.661. The molecular formula is C15H20N2. The van der Waals surface area contributed by atoms with Crippen molar-refractivity contribution in [1.29, 1.82) is 5.26 Å². The third-order valence-corrected chi connectivity index (χ3v) is 4.20. The molecule has 17 heavy (non-hydrogen) atoms. The minimum Gasteiger partial charge on any atom is -0.367 e. The van der Waals surface area contributed by atoms with E-state index in [4.69, 9.17) is 0 Å². The van der Waals surface area contributed by atoms with Crippen molar-refractivity contribution < 1.29 is 0 Å². The molecule has 0 spiro atoms. The number of hydrogen-bond donors (Lipinski definition) is 1. The fraction of sp³-hybridized carbons (Fsp3) is 0.533. The van der Waals surface area contributed by atoms with E-state index in [-0.39, 0.29) is 5.54 Å². The van der Waals surface area contributed by atoms with Gasteiger partial charge in [-0.3, -0.25) is 0 Å². The average Bonchev–Trinajstić information content (AvgIpc) is 2.36. The maximum Gasteiger partial charge on any atom is 0.128 e. The van der Waals surface area contributed by atoms with Gasteiger partial charge in [0, 0.05) is 5.69 Å². The van der Waals surface area contributed by atoms with E-state index in [9.17, 15) is 5.26 Å². The van der Waals surface area contributed by atoms with E-state index < -0.39 is 0 Å². The zero-order valence-corrected chi connectivity index (χ0v) is 10.6. The number of nitrogens with zero attached hydrogens (tertiary/aromatic N) is 1. The van der Waals surface area contributed by atoms with Crippen molar-refractivity contribution in [3.05, 3.63) is 30.3 Å². The van der Waals surface area contributed by atoms with Gasteiger partial charge in [0.15, 0.2) is 0 Å². The lowest BCUT2D eigenvalue weighted by molar-refractivity contribution is 0.206. The summed E-state index contributed by atoms with van der Waals surface area (Å²) < 4.78 is 0. The number of para-hydroxylation sites is 1. The van der Waals surface area contributed by atoms with Crippen molar-refractivity contribution in [2.24, 2.45) is 11.8 Å². The van der Waals surface area contributed by atoms with Gasteiger partial charge >= 0.3 is 0 Å². The van der Waals surface area contributed by atoms with Crippen molar-refractivity contribution in [1.82, 2.24) is 0 Å². The van der Waals surface area contributed by atoms with Crippen LogP contribution in [-0.2, 0) is 0 Å². The molecule has 2 heteroatoms. The number of nitriles is 1. The Hall–Kier alpha value is -1.49. The summed E-state index contributed by atoms with van der Waals surface area (Å²) in [6.45, 7) is 4.45. The molecule has 0 aromatic heterocycles. The highest BCUT2D eigenvalue weighted by atomic mass is 15.0. The highest BCUT2D eigenvalue weighted by Gasteiger charge is 2.41. The Morgan fingerprint density at radius 1 is 1.29 bits per heavy atom. The lowest BCUT2D eigenvalue weighted by atomic mass is 9.69. The molecule has 2 nitrogen and oxygen atoms in total. The Morgan fingerprint density at radius 2 is 2.00 bits per heavy atom. The van der Waals surface area contributed by atoms with E-state index in [1.807, 2.05) is 30.3 Å². The van der Waals surface area contributed by atoms with Crippen LogP contribution < -0.4 is 5.32 Å². The maximum atomic E-state index is 9.58. The van der Waals surface area contributed by atoms with Gasteiger partial charge in [-0.25, -0.2) is 0 Å². The minimum atomic E-state index is -0.390. The third-order valence-electron chi connectivity index (χ3n) is 4.20. The molecule has 3 unspecified atom stereocenters. The molecule has 1 aromatic rings. The summed E-state index contributed by atoms with van der Waals surface area (Å²) in [7, 11) is 0. The van der Waals surface area contributed by atoms with Crippen molar-refractivity contribution >= 4 is 5.69 Å². The second-order valence-electron chi connectivity index (χ2n) is 5.23. The van der Waals surface area contributed by atoms with Crippen LogP contribution >= 0.6 is 0 Å². The van der Waals surface area contributed by atoms with Crippen LogP contribution in [0.5, 0.6) is 0 Å². The summed E-state index contributed by atoms with van der Waals surface area (Å²) >= 11 is 0. The summed E-state index contributed by atoms with van der Waals surface area (Å²) in [5, 5.41) is 13.0. The van der Waals surface area contributed by atoms with E-state index in [2.05, 4.69) is 25.2 Å². The van der Waals surface area contributed by atoms with E-state index >= 15 is 0 Å². The van der Waals surface area contributed by atoms with Crippen molar-refractivity contribution in [2.45, 2.75) is 38.6 Å². The second-order valence-corrected chi connectivity index (χ2v) is 5.23. The lowest BCUT2D eigenvalue weighted by Gasteiger charge is -2.42. The zero-order valence-electron chi connectivity index (χ0n) is 10.6. The standard InChI is InChI=1S/C15H20N2/c1-12-7-6-10-15(11-16,13(12)2)17-14-8-4-3-5-9-14/h3-5,8-9,12-13,17H,6-7,10H2,1-2H3. The van der Waals surface area contributed by atoms with Gasteiger partial charge in [-0.05, 0) is 36.8 Å². The monoisotopic (exact) mass is 228 g/mol. The van der Waals surface area contributed by atoms with Crippen LogP contribution in [0.3, 0.4) is 0 Å². The van der Waals surface area contributed by atoms with Gasteiger partial charge in [0.2, 0.25) is 0 Å². The van der Waals surface area contributed by atoms with E-state index in [0.717, 1.165) is 18.5 Å². The normalized spacial score (nSPS) is 32.8. The van der Waals surface area contributed by atoms with Crippen molar-refractivity contribution in [2.75, 3.05) is 5.32 Å². The fourth-order valence-corrected chi connectivity index (χ4v) is 2.81. The number of hydrogen-bond acceptors (Lipinski definition) is 2. The first-order valence-corrected chi connectivity index (χ1v) is 6.42. The predicted molar refractivity (Wildman–Crippen MR) is 70.6 cm³/mol. The Kier molecular flexibility index (Phi) is 3.38. The second kappa shape index (κ2) is 4.79. The molecule has 0 heterocycles. The first-order valence-electron chi connectivity index (χ1n) is 6.42. The van der Waals surface area contributed by atoms with Crippen LogP contribution in [0.1, 0.15) is 33.1 Å². The molecule has 2 rings (SSSR count). The zero-order chi connectivity index (χ0) is 12.3. The summed E-state index contributed by atoms with van der Waals surface area (Å²) in [5.74, 6) is 1.00. The minimum absolute atomic E-state index is 0.390. The van der Waals surface area contributed by atoms with Crippen LogP contribution in [0.2, 0.25) is 0 Å². The number of anilines is 1. The quantitative estimate of drug-likeness (QED) is 0.835. The highest BCUT2D eigenvalue weighted by Crippen LogP contribution is 2.39. The Morgan fingerprint density at radius 3 is 2.65 bits per heavy atom. The number of benzene rings is 1. The number of nitrogens with one attached hydrogen (secondary N) is 1. The van der Waals surface area contributed by atoms with E-state index in [0.29, 0.717) is 11.8 Å². The third kappa shape index (κ3) is 2.29. The molecular weight excluding hydrogens is 208 g/mol. The van der Waals surface area contributed by atoms with Gasteiger partial charge in [0.05, 0.1) is 6.07 Å². The summed E-state index contributed by atoms with van der Waals surface area (Å²) in [6.07, 6.45) is 3.32. The molecule has 0 bridgehead atoms. The van der Waals surface area contributed by atoms with Gasteiger partial charge in [0.25, 0.3) is 0 Å². The van der Waals surface area contributed by atoms with Gasteiger partial charge in [-0.2, -0.15) is 5.26 Å². The SMILES string of the molecule is CC1CCCC(C#N)(Nc2ccccc2)C1C. The smallest absolute Gasteiger partial charge is 0.128 e. The van der Waals surface area contributed by atoms with Crippen LogP contribution in [0.15, 0.2) is 30.3 Å². The predicted octanol–water partition coefficient (Wildman–Crippen LogP) is 3.82. The van der Waals surface area contributed by atoms with Gasteiger partial charge in [0.1, 0.15) is 5.54 Å². The maximum absolute atomic E-state index is 9.58. The molecule has 0 saturated heterocycles. The highest BCUT2D eigenvalue weighted by molar-refractivity contribution is 5.48. The molecule has 3 atom stereocenters. The largest absolute Gasteiger partial charge is 0.367 e. The summed E-state index contributed by atoms with van der Waals surface area (Å²) in [6, 6.07) is 12.6. The van der Waals surface area contributed by atoms with Gasteiger partial charge in [-0.1, -0.05) is 38.5 Å².